The van der Waals surface area contributed by atoms with Crippen molar-refractivity contribution >= 4 is 5.96 Å². The van der Waals surface area contributed by atoms with E-state index in [1.807, 2.05) is 39.2 Å². The lowest BCUT2D eigenvalue weighted by Gasteiger charge is -2.27. The Balaban J connectivity index is 2.11. The minimum Gasteiger partial charge on any atom is -0.496 e. The molecule has 0 aliphatic carbocycles. The molecule has 2 atom stereocenters. The van der Waals surface area contributed by atoms with Crippen molar-refractivity contribution in [3.63, 3.8) is 0 Å². The molecule has 0 spiro atoms. The van der Waals surface area contributed by atoms with Gasteiger partial charge < -0.3 is 29.8 Å². The van der Waals surface area contributed by atoms with Crippen LogP contribution in [0.5, 0.6) is 5.75 Å². The van der Waals surface area contributed by atoms with Crippen molar-refractivity contribution in [3.8, 4) is 5.75 Å². The average molecular weight is 389 g/mol. The molecule has 0 fully saturated rings. The number of nitrogens with zero attached hydrogens (tertiary/aromatic N) is 2. The predicted molar refractivity (Wildman–Crippen MR) is 112 cm³/mol. The Hall–Kier alpha value is -2.51. The number of likely N-dealkylation sites (N-methyl/N-ethyl adjacent to an activating group) is 1. The van der Waals surface area contributed by atoms with Crippen LogP contribution in [-0.2, 0) is 5.60 Å². The van der Waals surface area contributed by atoms with Gasteiger partial charge in [0.05, 0.1) is 26.0 Å². The van der Waals surface area contributed by atoms with E-state index < -0.39 is 5.60 Å². The third kappa shape index (κ3) is 5.74. The third-order valence-electron chi connectivity index (χ3n) is 4.53. The van der Waals surface area contributed by atoms with E-state index in [4.69, 9.17) is 9.15 Å². The molecule has 1 aromatic carbocycles. The lowest BCUT2D eigenvalue weighted by Crippen LogP contribution is -2.42. The second-order valence-corrected chi connectivity index (χ2v) is 7.05. The van der Waals surface area contributed by atoms with E-state index in [1.165, 1.54) is 0 Å². The molecule has 3 N–H and O–H groups in total. The molecule has 0 radical (unpaired) electrons. The topological polar surface area (TPSA) is 82.3 Å². The van der Waals surface area contributed by atoms with Crippen LogP contribution in [0, 0.1) is 0 Å². The number of rotatable bonds is 9. The van der Waals surface area contributed by atoms with Crippen molar-refractivity contribution in [2.75, 3.05) is 40.8 Å². The lowest BCUT2D eigenvalue weighted by molar-refractivity contribution is 0.0437. The second-order valence-electron chi connectivity index (χ2n) is 7.05. The third-order valence-corrected chi connectivity index (χ3v) is 4.53. The quantitative estimate of drug-likeness (QED) is 0.452. The normalized spacial score (nSPS) is 15.2. The molecule has 0 aliphatic heterocycles. The van der Waals surface area contributed by atoms with Crippen LogP contribution < -0.4 is 15.4 Å². The van der Waals surface area contributed by atoms with E-state index >= 15 is 0 Å². The molecule has 0 saturated heterocycles. The standard InChI is InChI=1S/C21H32N4O3/c1-6-22-20(24-15-21(2,26)19-12-9-13-28-19)23-14-17(25(3)4)16-10-7-8-11-18(16)27-5/h7-13,17,26H,6,14-15H2,1-5H3,(H2,22,23,24). The average Bonchev–Trinajstić information content (AvgIpc) is 3.22. The van der Waals surface area contributed by atoms with E-state index in [0.717, 1.165) is 17.9 Å². The summed E-state index contributed by atoms with van der Waals surface area (Å²) in [4.78, 5) is 6.68. The van der Waals surface area contributed by atoms with Crippen LogP contribution >= 0.6 is 0 Å². The number of furan rings is 1. The Morgan fingerprint density at radius 3 is 2.61 bits per heavy atom. The number of nitrogens with one attached hydrogen (secondary N) is 2. The molecule has 28 heavy (non-hydrogen) atoms. The smallest absolute Gasteiger partial charge is 0.191 e. The van der Waals surface area contributed by atoms with E-state index in [9.17, 15) is 5.11 Å². The first-order valence-corrected chi connectivity index (χ1v) is 9.47. The number of benzene rings is 1. The summed E-state index contributed by atoms with van der Waals surface area (Å²) in [7, 11) is 5.75. The van der Waals surface area contributed by atoms with Crippen LogP contribution in [0.25, 0.3) is 0 Å². The first kappa shape index (κ1) is 21.8. The van der Waals surface area contributed by atoms with Gasteiger partial charge in [-0.25, -0.2) is 4.99 Å². The van der Waals surface area contributed by atoms with Gasteiger partial charge in [-0.2, -0.15) is 0 Å². The summed E-state index contributed by atoms with van der Waals surface area (Å²) in [5, 5.41) is 17.2. The molecule has 1 heterocycles. The highest BCUT2D eigenvalue weighted by Crippen LogP contribution is 2.27. The van der Waals surface area contributed by atoms with Crippen molar-refractivity contribution in [3.05, 3.63) is 54.0 Å². The number of methoxy groups -OCH3 is 1. The van der Waals surface area contributed by atoms with E-state index in [-0.39, 0.29) is 12.6 Å². The lowest BCUT2D eigenvalue weighted by atomic mass is 10.0. The zero-order valence-corrected chi connectivity index (χ0v) is 17.4. The van der Waals surface area contributed by atoms with Gasteiger partial charge >= 0.3 is 0 Å². The summed E-state index contributed by atoms with van der Waals surface area (Å²) in [6.45, 7) is 5.22. The highest BCUT2D eigenvalue weighted by Gasteiger charge is 2.26. The molecule has 1 aromatic heterocycles. The first-order chi connectivity index (χ1) is 13.4. The van der Waals surface area contributed by atoms with Crippen LogP contribution in [0.4, 0.5) is 0 Å². The summed E-state index contributed by atoms with van der Waals surface area (Å²) in [5.41, 5.74) is -0.0731. The van der Waals surface area contributed by atoms with Gasteiger partial charge in [0.2, 0.25) is 0 Å². The fourth-order valence-electron chi connectivity index (χ4n) is 2.94. The van der Waals surface area contributed by atoms with E-state index in [2.05, 4.69) is 26.6 Å². The summed E-state index contributed by atoms with van der Waals surface area (Å²) in [6.07, 6.45) is 1.55. The van der Waals surface area contributed by atoms with Crippen LogP contribution in [-0.4, -0.2) is 56.8 Å². The van der Waals surface area contributed by atoms with Gasteiger partial charge in [-0.15, -0.1) is 0 Å². The number of aliphatic imine (C=N–C) groups is 1. The predicted octanol–water partition coefficient (Wildman–Crippen LogP) is 2.35. The highest BCUT2D eigenvalue weighted by atomic mass is 16.5. The number of para-hydroxylation sites is 1. The molecule has 2 unspecified atom stereocenters. The summed E-state index contributed by atoms with van der Waals surface area (Å²) >= 11 is 0. The van der Waals surface area contributed by atoms with E-state index in [1.54, 1.807) is 32.4 Å². The van der Waals surface area contributed by atoms with Crippen molar-refractivity contribution in [1.29, 1.82) is 0 Å². The second kappa shape index (κ2) is 10.1. The number of hydrogen-bond acceptors (Lipinski definition) is 5. The van der Waals surface area contributed by atoms with Gasteiger partial charge in [0.15, 0.2) is 5.96 Å². The molecule has 0 amide bonds. The fourth-order valence-corrected chi connectivity index (χ4v) is 2.94. The molecule has 0 bridgehead atoms. The summed E-state index contributed by atoms with van der Waals surface area (Å²) in [6, 6.07) is 11.6. The van der Waals surface area contributed by atoms with Crippen molar-refractivity contribution < 1.29 is 14.3 Å². The fraction of sp³-hybridized carbons (Fsp3) is 0.476. The van der Waals surface area contributed by atoms with Crippen LogP contribution in [0.15, 0.2) is 52.1 Å². The van der Waals surface area contributed by atoms with E-state index in [0.29, 0.717) is 18.3 Å². The Morgan fingerprint density at radius 2 is 2.00 bits per heavy atom. The Kier molecular flexibility index (Phi) is 7.90. The molecule has 7 nitrogen and oxygen atoms in total. The number of hydrogen-bond donors (Lipinski definition) is 3. The van der Waals surface area contributed by atoms with Gasteiger partial charge in [0.25, 0.3) is 0 Å². The van der Waals surface area contributed by atoms with Gasteiger partial charge in [-0.05, 0) is 46.1 Å². The molecule has 2 aromatic rings. The minimum absolute atomic E-state index is 0.0885. The van der Waals surface area contributed by atoms with Crippen LogP contribution in [0.2, 0.25) is 0 Å². The monoisotopic (exact) mass is 388 g/mol. The zero-order chi connectivity index (χ0) is 20.6. The van der Waals surface area contributed by atoms with Crippen molar-refractivity contribution in [2.24, 2.45) is 4.99 Å². The van der Waals surface area contributed by atoms with Gasteiger partial charge in [-0.1, -0.05) is 18.2 Å². The summed E-state index contributed by atoms with van der Waals surface area (Å²) in [5.74, 6) is 1.98. The SMILES string of the molecule is CCNC(=NCC(C)(O)c1ccco1)NCC(c1ccccc1OC)N(C)C. The maximum Gasteiger partial charge on any atom is 0.191 e. The first-order valence-electron chi connectivity index (χ1n) is 9.47. The summed E-state index contributed by atoms with van der Waals surface area (Å²) < 4.78 is 10.8. The van der Waals surface area contributed by atoms with Crippen LogP contribution in [0.3, 0.4) is 0 Å². The Morgan fingerprint density at radius 1 is 1.25 bits per heavy atom. The largest absolute Gasteiger partial charge is 0.496 e. The van der Waals surface area contributed by atoms with Crippen molar-refractivity contribution in [2.45, 2.75) is 25.5 Å². The number of guanidine groups is 1. The maximum absolute atomic E-state index is 10.6. The molecule has 2 rings (SSSR count). The minimum atomic E-state index is -1.17. The van der Waals surface area contributed by atoms with Gasteiger partial charge in [0.1, 0.15) is 17.1 Å². The molecule has 0 aliphatic rings. The number of ether oxygens (including phenoxy) is 1. The molecular formula is C21H32N4O3. The van der Waals surface area contributed by atoms with Gasteiger partial charge in [-0.3, -0.25) is 0 Å². The maximum atomic E-state index is 10.6. The van der Waals surface area contributed by atoms with Crippen LogP contribution in [0.1, 0.15) is 31.2 Å². The van der Waals surface area contributed by atoms with Crippen molar-refractivity contribution in [1.82, 2.24) is 15.5 Å². The molecule has 154 valence electrons. The molecule has 0 saturated carbocycles. The molecular weight excluding hydrogens is 356 g/mol. The zero-order valence-electron chi connectivity index (χ0n) is 17.4. The molecule has 7 heteroatoms. The highest BCUT2D eigenvalue weighted by molar-refractivity contribution is 5.79. The Labute approximate surface area is 167 Å². The van der Waals surface area contributed by atoms with Gasteiger partial charge in [0, 0.05) is 18.7 Å². The Bertz CT molecular complexity index is 742. The number of aliphatic hydroxyl groups is 1.